The molecule has 3 rings (SSSR count). The van der Waals surface area contributed by atoms with Gasteiger partial charge < -0.3 is 9.30 Å². The highest BCUT2D eigenvalue weighted by atomic mass is 16.5. The molecule has 0 fully saturated rings. The fourth-order valence-corrected chi connectivity index (χ4v) is 2.51. The van der Waals surface area contributed by atoms with Gasteiger partial charge in [0.05, 0.1) is 5.69 Å². The zero-order valence-corrected chi connectivity index (χ0v) is 12.2. The first-order valence-electron chi connectivity index (χ1n) is 6.88. The molecular formula is C18H19NO. The summed E-state index contributed by atoms with van der Waals surface area (Å²) in [5.74, 6) is 0.953. The number of rotatable bonds is 3. The van der Waals surface area contributed by atoms with Crippen molar-refractivity contribution < 1.29 is 4.74 Å². The number of aromatic nitrogens is 1. The third kappa shape index (κ3) is 2.29. The highest BCUT2D eigenvalue weighted by Gasteiger charge is 2.07. The van der Waals surface area contributed by atoms with Crippen molar-refractivity contribution in [2.24, 2.45) is 7.05 Å². The van der Waals surface area contributed by atoms with E-state index < -0.39 is 0 Å². The third-order valence-electron chi connectivity index (χ3n) is 3.77. The molecule has 0 aliphatic carbocycles. The second kappa shape index (κ2) is 5.04. The van der Waals surface area contributed by atoms with Crippen LogP contribution in [0.4, 0.5) is 0 Å². The van der Waals surface area contributed by atoms with E-state index in [9.17, 15) is 0 Å². The Balaban J connectivity index is 1.88. The summed E-state index contributed by atoms with van der Waals surface area (Å²) in [6, 6.07) is 16.9. The Kier molecular flexibility index (Phi) is 3.23. The Hall–Kier alpha value is -2.22. The highest BCUT2D eigenvalue weighted by molar-refractivity contribution is 5.81. The summed E-state index contributed by atoms with van der Waals surface area (Å²) >= 11 is 0. The van der Waals surface area contributed by atoms with Gasteiger partial charge in [-0.1, -0.05) is 30.3 Å². The van der Waals surface area contributed by atoms with Crippen molar-refractivity contribution in [3.8, 4) is 5.75 Å². The van der Waals surface area contributed by atoms with E-state index in [0.29, 0.717) is 6.61 Å². The predicted molar refractivity (Wildman–Crippen MR) is 83.2 cm³/mol. The topological polar surface area (TPSA) is 14.2 Å². The van der Waals surface area contributed by atoms with E-state index in [1.807, 2.05) is 18.2 Å². The lowest BCUT2D eigenvalue weighted by molar-refractivity contribution is 0.296. The van der Waals surface area contributed by atoms with E-state index in [2.05, 4.69) is 55.8 Å². The maximum absolute atomic E-state index is 5.94. The summed E-state index contributed by atoms with van der Waals surface area (Å²) in [5.41, 5.74) is 4.90. The lowest BCUT2D eigenvalue weighted by atomic mass is 10.2. The van der Waals surface area contributed by atoms with Gasteiger partial charge in [0.15, 0.2) is 0 Å². The van der Waals surface area contributed by atoms with Crippen LogP contribution in [-0.2, 0) is 13.7 Å². The maximum atomic E-state index is 5.94. The second-order valence-electron chi connectivity index (χ2n) is 5.31. The van der Waals surface area contributed by atoms with Crippen LogP contribution in [0, 0.1) is 13.8 Å². The Labute approximate surface area is 119 Å². The molecule has 0 saturated heterocycles. The van der Waals surface area contributed by atoms with Crippen LogP contribution < -0.4 is 4.74 Å². The quantitative estimate of drug-likeness (QED) is 0.685. The molecule has 0 amide bonds. The molecule has 0 spiro atoms. The van der Waals surface area contributed by atoms with Gasteiger partial charge in [0, 0.05) is 12.6 Å². The number of aryl methyl sites for hydroxylation is 3. The molecule has 1 heterocycles. The number of benzene rings is 2. The summed E-state index contributed by atoms with van der Waals surface area (Å²) < 4.78 is 8.15. The van der Waals surface area contributed by atoms with Crippen LogP contribution in [0.1, 0.15) is 16.8 Å². The predicted octanol–water partition coefficient (Wildman–Crippen LogP) is 4.37. The standard InChI is InChI=1S/C18H19NO/c1-13-8-9-15-11-16(19(3)17(15)10-13)12-20-18-7-5-4-6-14(18)2/h4-11H,12H2,1-3H3. The fourth-order valence-electron chi connectivity index (χ4n) is 2.51. The third-order valence-corrected chi connectivity index (χ3v) is 3.77. The van der Waals surface area contributed by atoms with Crippen LogP contribution in [-0.4, -0.2) is 4.57 Å². The van der Waals surface area contributed by atoms with Crippen LogP contribution in [0.2, 0.25) is 0 Å². The van der Waals surface area contributed by atoms with Crippen molar-refractivity contribution in [2.45, 2.75) is 20.5 Å². The van der Waals surface area contributed by atoms with Crippen LogP contribution in [0.3, 0.4) is 0 Å². The SMILES string of the molecule is Cc1ccc2cc(COc3ccccc3C)n(C)c2c1. The van der Waals surface area contributed by atoms with Crippen molar-refractivity contribution in [3.63, 3.8) is 0 Å². The summed E-state index contributed by atoms with van der Waals surface area (Å²) in [6.45, 7) is 4.78. The Morgan fingerprint density at radius 1 is 1.00 bits per heavy atom. The fraction of sp³-hybridized carbons (Fsp3) is 0.222. The van der Waals surface area contributed by atoms with Gasteiger partial charge in [0.1, 0.15) is 12.4 Å². The smallest absolute Gasteiger partial charge is 0.128 e. The maximum Gasteiger partial charge on any atom is 0.128 e. The van der Waals surface area contributed by atoms with Crippen LogP contribution in [0.5, 0.6) is 5.75 Å². The summed E-state index contributed by atoms with van der Waals surface area (Å²) in [6.07, 6.45) is 0. The van der Waals surface area contributed by atoms with E-state index in [1.165, 1.54) is 27.7 Å². The Bertz CT molecular complexity index is 755. The van der Waals surface area contributed by atoms with Gasteiger partial charge in [0.25, 0.3) is 0 Å². The van der Waals surface area contributed by atoms with Crippen molar-refractivity contribution >= 4 is 10.9 Å². The number of hydrogen-bond acceptors (Lipinski definition) is 1. The molecule has 0 N–H and O–H groups in total. The molecule has 1 aromatic heterocycles. The molecule has 102 valence electrons. The molecule has 3 aromatic rings. The summed E-state index contributed by atoms with van der Waals surface area (Å²) in [5, 5.41) is 1.27. The van der Waals surface area contributed by atoms with E-state index >= 15 is 0 Å². The van der Waals surface area contributed by atoms with Gasteiger partial charge in [-0.3, -0.25) is 0 Å². The van der Waals surface area contributed by atoms with E-state index in [4.69, 9.17) is 4.74 Å². The molecule has 2 nitrogen and oxygen atoms in total. The largest absolute Gasteiger partial charge is 0.487 e. The van der Waals surface area contributed by atoms with Crippen LogP contribution in [0.15, 0.2) is 48.5 Å². The molecule has 20 heavy (non-hydrogen) atoms. The zero-order chi connectivity index (χ0) is 14.1. The first kappa shape index (κ1) is 12.8. The lowest BCUT2D eigenvalue weighted by Crippen LogP contribution is -2.02. The first-order chi connectivity index (χ1) is 9.65. The lowest BCUT2D eigenvalue weighted by Gasteiger charge is -2.09. The minimum atomic E-state index is 0.592. The summed E-state index contributed by atoms with van der Waals surface area (Å²) in [4.78, 5) is 0. The molecule has 0 saturated carbocycles. The molecule has 2 heteroatoms. The van der Waals surface area contributed by atoms with E-state index in [-0.39, 0.29) is 0 Å². The van der Waals surface area contributed by atoms with E-state index in [0.717, 1.165) is 5.75 Å². The molecule has 0 atom stereocenters. The van der Waals surface area contributed by atoms with Crippen LogP contribution in [0.25, 0.3) is 10.9 Å². The number of hydrogen-bond donors (Lipinski definition) is 0. The monoisotopic (exact) mass is 265 g/mol. The van der Waals surface area contributed by atoms with E-state index in [1.54, 1.807) is 0 Å². The van der Waals surface area contributed by atoms with Crippen molar-refractivity contribution in [1.82, 2.24) is 4.57 Å². The number of ether oxygens (including phenoxy) is 1. The van der Waals surface area contributed by atoms with Gasteiger partial charge in [-0.05, 0) is 48.6 Å². The minimum Gasteiger partial charge on any atom is -0.487 e. The second-order valence-corrected chi connectivity index (χ2v) is 5.31. The zero-order valence-electron chi connectivity index (χ0n) is 12.2. The van der Waals surface area contributed by atoms with Crippen molar-refractivity contribution in [1.29, 1.82) is 0 Å². The normalized spacial score (nSPS) is 10.9. The molecule has 0 aliphatic rings. The molecular weight excluding hydrogens is 246 g/mol. The highest BCUT2D eigenvalue weighted by Crippen LogP contribution is 2.22. The molecule has 0 radical (unpaired) electrons. The first-order valence-corrected chi connectivity index (χ1v) is 6.88. The molecule has 0 aliphatic heterocycles. The van der Waals surface area contributed by atoms with Gasteiger partial charge in [-0.15, -0.1) is 0 Å². The minimum absolute atomic E-state index is 0.592. The molecule has 2 aromatic carbocycles. The van der Waals surface area contributed by atoms with Gasteiger partial charge in [-0.2, -0.15) is 0 Å². The number of fused-ring (bicyclic) bond motifs is 1. The average molecular weight is 265 g/mol. The molecule has 0 bridgehead atoms. The Morgan fingerprint density at radius 2 is 1.80 bits per heavy atom. The van der Waals surface area contributed by atoms with Gasteiger partial charge in [0.2, 0.25) is 0 Å². The van der Waals surface area contributed by atoms with Crippen LogP contribution >= 0.6 is 0 Å². The van der Waals surface area contributed by atoms with Gasteiger partial charge >= 0.3 is 0 Å². The number of nitrogens with zero attached hydrogens (tertiary/aromatic N) is 1. The van der Waals surface area contributed by atoms with Gasteiger partial charge in [-0.25, -0.2) is 0 Å². The number of para-hydroxylation sites is 1. The average Bonchev–Trinajstić information content (AvgIpc) is 2.75. The Morgan fingerprint density at radius 3 is 2.60 bits per heavy atom. The molecule has 0 unspecified atom stereocenters. The summed E-state index contributed by atoms with van der Waals surface area (Å²) in [7, 11) is 2.10. The van der Waals surface area contributed by atoms with Crippen molar-refractivity contribution in [2.75, 3.05) is 0 Å². The van der Waals surface area contributed by atoms with Crippen molar-refractivity contribution in [3.05, 3.63) is 65.4 Å².